The molecule has 0 N–H and O–H groups in total. The largest absolute Gasteiger partial charge is 0.274 e. The summed E-state index contributed by atoms with van der Waals surface area (Å²) in [5, 5.41) is 0. The molecule has 3 fully saturated rings. The number of halogens is 3. The minimum Gasteiger partial charge on any atom is -0.274 e. The van der Waals surface area contributed by atoms with E-state index < -0.39 is 35.0 Å². The van der Waals surface area contributed by atoms with Crippen molar-refractivity contribution in [3.8, 4) is 0 Å². The Labute approximate surface area is 249 Å². The monoisotopic (exact) mass is 708 g/mol. The van der Waals surface area contributed by atoms with Crippen LogP contribution in [0.4, 0.5) is 11.4 Å². The molecule has 6 nitrogen and oxygen atoms in total. The van der Waals surface area contributed by atoms with Crippen LogP contribution in [0.1, 0.15) is 5.56 Å². The summed E-state index contributed by atoms with van der Waals surface area (Å²) in [6, 6.07) is 21.5. The van der Waals surface area contributed by atoms with E-state index >= 15 is 0 Å². The molecule has 3 aromatic carbocycles. The van der Waals surface area contributed by atoms with Gasteiger partial charge in [-0.1, -0.05) is 72.1 Å². The first-order chi connectivity index (χ1) is 18.7. The predicted octanol–water partition coefficient (Wildman–Crippen LogP) is 6.02. The second-order valence-electron chi connectivity index (χ2n) is 10.4. The van der Waals surface area contributed by atoms with Gasteiger partial charge in [0, 0.05) is 24.8 Å². The first-order valence-electron chi connectivity index (χ1n) is 12.5. The van der Waals surface area contributed by atoms with Crippen LogP contribution in [0.5, 0.6) is 0 Å². The van der Waals surface area contributed by atoms with Crippen molar-refractivity contribution in [2.75, 3.05) is 9.80 Å². The van der Waals surface area contributed by atoms with Crippen LogP contribution >= 0.6 is 47.8 Å². The Balaban J connectivity index is 1.43. The van der Waals surface area contributed by atoms with Crippen LogP contribution in [0.25, 0.3) is 0 Å². The third-order valence-electron chi connectivity index (χ3n) is 8.67. The molecule has 5 aliphatic rings. The number of benzene rings is 3. The van der Waals surface area contributed by atoms with E-state index in [1.165, 1.54) is 9.80 Å². The number of carbonyl (C=O) groups is 4. The van der Waals surface area contributed by atoms with Gasteiger partial charge < -0.3 is 0 Å². The summed E-state index contributed by atoms with van der Waals surface area (Å²) in [6.07, 6.45) is 3.83. The Morgan fingerprint density at radius 3 is 1.33 bits per heavy atom. The first kappa shape index (κ1) is 25.1. The molecule has 4 amide bonds. The zero-order valence-electron chi connectivity index (χ0n) is 20.1. The highest BCUT2D eigenvalue weighted by molar-refractivity contribution is 9.11. The Kier molecular flexibility index (Phi) is 5.67. The zero-order chi connectivity index (χ0) is 27.2. The number of nitrogens with zero attached hydrogens (tertiary/aromatic N) is 2. The lowest BCUT2D eigenvalue weighted by Crippen LogP contribution is -2.60. The summed E-state index contributed by atoms with van der Waals surface area (Å²) < 4.78 is 2.50. The minimum absolute atomic E-state index is 0.330. The highest BCUT2D eigenvalue weighted by Crippen LogP contribution is 2.65. The van der Waals surface area contributed by atoms with Gasteiger partial charge in [-0.05, 0) is 66.2 Å². The predicted molar refractivity (Wildman–Crippen MR) is 156 cm³/mol. The lowest BCUT2D eigenvalue weighted by atomic mass is 9.45. The van der Waals surface area contributed by atoms with Crippen molar-refractivity contribution in [1.29, 1.82) is 0 Å². The molecule has 8 rings (SSSR count). The highest BCUT2D eigenvalue weighted by atomic mass is 79.9. The summed E-state index contributed by atoms with van der Waals surface area (Å²) >= 11 is 10.3. The van der Waals surface area contributed by atoms with Crippen molar-refractivity contribution in [2.45, 2.75) is 5.41 Å². The van der Waals surface area contributed by atoms with Gasteiger partial charge in [0.15, 0.2) is 0 Å². The summed E-state index contributed by atoms with van der Waals surface area (Å²) in [6.45, 7) is 0. The summed E-state index contributed by atoms with van der Waals surface area (Å²) in [5.74, 6) is -5.04. The third-order valence-corrected chi connectivity index (χ3v) is 10.3. The minimum atomic E-state index is -1.15. The number of anilines is 2. The lowest BCUT2D eigenvalue weighted by molar-refractivity contribution is -0.140. The lowest BCUT2D eigenvalue weighted by Gasteiger charge is -2.53. The number of allylic oxidation sites excluding steroid dienone is 2. The van der Waals surface area contributed by atoms with Gasteiger partial charge in [-0.15, -0.1) is 0 Å². The summed E-state index contributed by atoms with van der Waals surface area (Å²) in [5.41, 5.74) is 0.542. The average molecular weight is 711 g/mol. The Hall–Kier alpha value is -2.88. The SMILES string of the molecule is O=C1C2C3C=CC(c4ccc(Br)cc4)(C2C(=O)N1c1ccc(Br)cc1)C1C(=O)N(c2ccc(Br)cc2)C(=O)C31. The quantitative estimate of drug-likeness (QED) is 0.246. The Morgan fingerprint density at radius 1 is 0.538 bits per heavy atom. The van der Waals surface area contributed by atoms with Crippen LogP contribution in [0.3, 0.4) is 0 Å². The van der Waals surface area contributed by atoms with Crippen molar-refractivity contribution < 1.29 is 19.2 Å². The van der Waals surface area contributed by atoms with Crippen LogP contribution in [-0.4, -0.2) is 23.6 Å². The third kappa shape index (κ3) is 3.36. The molecule has 4 unspecified atom stereocenters. The molecule has 194 valence electrons. The number of hydrogen-bond donors (Lipinski definition) is 0. The highest BCUT2D eigenvalue weighted by Gasteiger charge is 2.75. The molecule has 0 aromatic heterocycles. The molecule has 2 heterocycles. The van der Waals surface area contributed by atoms with E-state index in [0.717, 1.165) is 19.0 Å². The number of imide groups is 2. The number of hydrogen-bond acceptors (Lipinski definition) is 4. The van der Waals surface area contributed by atoms with E-state index in [2.05, 4.69) is 47.8 Å². The molecule has 9 heteroatoms. The maximum absolute atomic E-state index is 14.3. The molecular formula is C30H19Br3N2O4. The van der Waals surface area contributed by atoms with Crippen molar-refractivity contribution in [1.82, 2.24) is 0 Å². The van der Waals surface area contributed by atoms with Crippen LogP contribution in [-0.2, 0) is 24.6 Å². The van der Waals surface area contributed by atoms with E-state index in [4.69, 9.17) is 0 Å². The number of rotatable bonds is 3. The van der Waals surface area contributed by atoms with Crippen molar-refractivity contribution in [3.63, 3.8) is 0 Å². The van der Waals surface area contributed by atoms with Gasteiger partial charge in [0.2, 0.25) is 23.6 Å². The topological polar surface area (TPSA) is 74.8 Å². The standard InChI is InChI=1S/C30H19Br3N2O4/c31-16-3-1-15(2-4-16)30-14-13-21(22-24(30)28(38)34(26(22)36)19-9-5-17(32)6-10-19)23-25(30)29(39)35(27(23)37)20-11-7-18(33)8-12-20/h1-14,21-25H. The van der Waals surface area contributed by atoms with Gasteiger partial charge in [-0.2, -0.15) is 0 Å². The molecule has 0 radical (unpaired) electrons. The molecule has 2 bridgehead atoms. The fourth-order valence-electron chi connectivity index (χ4n) is 7.18. The normalized spacial score (nSPS) is 30.8. The molecule has 2 aliphatic heterocycles. The second kappa shape index (κ2) is 8.81. The first-order valence-corrected chi connectivity index (χ1v) is 14.8. The maximum atomic E-state index is 14.3. The van der Waals surface area contributed by atoms with Gasteiger partial charge >= 0.3 is 0 Å². The molecule has 1 saturated carbocycles. The molecule has 4 atom stereocenters. The van der Waals surface area contributed by atoms with E-state index in [1.807, 2.05) is 36.4 Å². The van der Waals surface area contributed by atoms with Crippen LogP contribution in [0, 0.1) is 29.6 Å². The van der Waals surface area contributed by atoms with Gasteiger partial charge in [-0.25, -0.2) is 9.80 Å². The molecular weight excluding hydrogens is 692 g/mol. The molecule has 3 aromatic rings. The van der Waals surface area contributed by atoms with Crippen LogP contribution < -0.4 is 9.80 Å². The smallest absolute Gasteiger partial charge is 0.238 e. The van der Waals surface area contributed by atoms with E-state index in [0.29, 0.717) is 11.4 Å². The fourth-order valence-corrected chi connectivity index (χ4v) is 7.97. The molecule has 39 heavy (non-hydrogen) atoms. The molecule has 3 aliphatic carbocycles. The van der Waals surface area contributed by atoms with Crippen molar-refractivity contribution in [3.05, 3.63) is 104 Å². The van der Waals surface area contributed by atoms with E-state index in [-0.39, 0.29) is 23.6 Å². The summed E-state index contributed by atoms with van der Waals surface area (Å²) in [7, 11) is 0. The van der Waals surface area contributed by atoms with Gasteiger partial charge in [0.1, 0.15) is 0 Å². The number of amides is 4. The number of carbonyl (C=O) groups excluding carboxylic acids is 4. The van der Waals surface area contributed by atoms with E-state index in [9.17, 15) is 19.2 Å². The van der Waals surface area contributed by atoms with Crippen LogP contribution in [0.2, 0.25) is 0 Å². The zero-order valence-corrected chi connectivity index (χ0v) is 24.9. The van der Waals surface area contributed by atoms with Gasteiger partial charge in [0.25, 0.3) is 0 Å². The summed E-state index contributed by atoms with van der Waals surface area (Å²) in [4.78, 5) is 59.2. The molecule has 0 spiro atoms. The molecule has 2 saturated heterocycles. The Morgan fingerprint density at radius 2 is 0.923 bits per heavy atom. The van der Waals surface area contributed by atoms with E-state index in [1.54, 1.807) is 48.5 Å². The van der Waals surface area contributed by atoms with Crippen molar-refractivity contribution in [2.24, 2.45) is 29.6 Å². The van der Waals surface area contributed by atoms with Crippen LogP contribution in [0.15, 0.2) is 98.4 Å². The van der Waals surface area contributed by atoms with Gasteiger partial charge in [0.05, 0.1) is 35.0 Å². The van der Waals surface area contributed by atoms with Crippen molar-refractivity contribution >= 4 is 82.8 Å². The Bertz CT molecular complexity index is 1510. The fraction of sp³-hybridized carbons (Fsp3) is 0.200. The maximum Gasteiger partial charge on any atom is 0.238 e. The van der Waals surface area contributed by atoms with Gasteiger partial charge in [-0.3, -0.25) is 19.2 Å². The average Bonchev–Trinajstić information content (AvgIpc) is 3.37. The second-order valence-corrected chi connectivity index (χ2v) is 13.1.